The average molecular weight is 475 g/mol. The van der Waals surface area contributed by atoms with Crippen LogP contribution in [0, 0.1) is 24.1 Å². The molecule has 0 aliphatic rings. The summed E-state index contributed by atoms with van der Waals surface area (Å²) < 4.78 is 20.2. The Kier molecular flexibility index (Phi) is 8.99. The molecule has 0 spiro atoms. The fourth-order valence-corrected chi connectivity index (χ4v) is 4.24. The summed E-state index contributed by atoms with van der Waals surface area (Å²) in [5, 5.41) is 22.3. The number of hydrogen-bond donors (Lipinski definition) is 2. The number of halogens is 1. The zero-order valence-corrected chi connectivity index (χ0v) is 20.3. The summed E-state index contributed by atoms with van der Waals surface area (Å²) >= 11 is 0. The molecule has 0 saturated carbocycles. The van der Waals surface area contributed by atoms with Crippen LogP contribution >= 0.6 is 0 Å². The number of nitrogens with zero attached hydrogens (tertiary/aromatic N) is 1. The van der Waals surface area contributed by atoms with Crippen LogP contribution in [0.3, 0.4) is 0 Å². The van der Waals surface area contributed by atoms with Gasteiger partial charge in [-0.1, -0.05) is 68.4 Å². The molecule has 5 nitrogen and oxygen atoms in total. The smallest absolute Gasteiger partial charge is 0.307 e. The number of carboxylic acid groups (broad SMARTS) is 1. The third kappa shape index (κ3) is 6.91. The van der Waals surface area contributed by atoms with Gasteiger partial charge < -0.3 is 15.2 Å². The molecule has 1 unspecified atom stereocenters. The van der Waals surface area contributed by atoms with Gasteiger partial charge in [-0.05, 0) is 53.6 Å². The molecule has 0 aromatic heterocycles. The fourth-order valence-electron chi connectivity index (χ4n) is 4.24. The predicted octanol–water partition coefficient (Wildman–Crippen LogP) is 5.92. The van der Waals surface area contributed by atoms with Gasteiger partial charge in [-0.25, -0.2) is 4.39 Å². The zero-order valence-electron chi connectivity index (χ0n) is 20.3. The first kappa shape index (κ1) is 25.9. The van der Waals surface area contributed by atoms with Gasteiger partial charge in [-0.3, -0.25) is 4.79 Å². The van der Waals surface area contributed by atoms with E-state index in [4.69, 9.17) is 9.84 Å². The highest BCUT2D eigenvalue weighted by molar-refractivity contribution is 5.70. The van der Waals surface area contributed by atoms with Crippen LogP contribution in [0.2, 0.25) is 0 Å². The number of ether oxygens (including phenoxy) is 1. The van der Waals surface area contributed by atoms with Crippen molar-refractivity contribution >= 4 is 5.97 Å². The quantitative estimate of drug-likeness (QED) is 0.360. The van der Waals surface area contributed by atoms with E-state index in [-0.39, 0.29) is 30.0 Å². The third-order valence-electron chi connectivity index (χ3n) is 6.08. The van der Waals surface area contributed by atoms with Crippen LogP contribution in [0.4, 0.5) is 4.39 Å². The highest BCUT2D eigenvalue weighted by atomic mass is 19.1. The Bertz CT molecular complexity index is 1190. The third-order valence-corrected chi connectivity index (χ3v) is 6.08. The molecular weight excluding hydrogens is 443 g/mol. The van der Waals surface area contributed by atoms with Crippen molar-refractivity contribution in [3.05, 3.63) is 100 Å². The number of aryl methyl sites for hydroxylation is 1. The Morgan fingerprint density at radius 2 is 1.83 bits per heavy atom. The summed E-state index contributed by atoms with van der Waals surface area (Å²) in [6, 6.07) is 22.1. The van der Waals surface area contributed by atoms with Crippen LogP contribution in [0.5, 0.6) is 5.75 Å². The molecule has 0 heterocycles. The molecule has 0 amide bonds. The summed E-state index contributed by atoms with van der Waals surface area (Å²) in [7, 11) is 0. The lowest BCUT2D eigenvalue weighted by molar-refractivity contribution is -0.136. The lowest BCUT2D eigenvalue weighted by Crippen LogP contribution is -2.37. The minimum Gasteiger partial charge on any atom is -0.487 e. The van der Waals surface area contributed by atoms with E-state index in [1.165, 1.54) is 12.1 Å². The van der Waals surface area contributed by atoms with E-state index >= 15 is 0 Å². The number of benzene rings is 3. The van der Waals surface area contributed by atoms with Gasteiger partial charge in [0.2, 0.25) is 0 Å². The van der Waals surface area contributed by atoms with Crippen molar-refractivity contribution in [1.29, 1.82) is 5.26 Å². The molecule has 3 aromatic carbocycles. The normalized spacial score (nSPS) is 13.5. The molecule has 0 aliphatic heterocycles. The lowest BCUT2D eigenvalue weighted by Gasteiger charge is -2.30. The van der Waals surface area contributed by atoms with Gasteiger partial charge in [0.15, 0.2) is 0 Å². The molecule has 3 aromatic rings. The minimum absolute atomic E-state index is 0.00930. The standard InChI is InChI=1S/C29H31FN2O3/c1-4-26(35-29-19(2)13-25(30)16-24(29)17-31)28(22-10-6-5-7-11-22)32-18-20(3)23-12-8-9-21(14-23)15-27(33)34/h5-14,16,20,26,28,32H,4,15,18H2,1-3H3,(H,33,34)/t20?,26-,28-/m1/s1. The predicted molar refractivity (Wildman–Crippen MR) is 134 cm³/mol. The zero-order chi connectivity index (χ0) is 25.4. The van der Waals surface area contributed by atoms with E-state index in [0.717, 1.165) is 16.7 Å². The Morgan fingerprint density at radius 3 is 2.49 bits per heavy atom. The topological polar surface area (TPSA) is 82.3 Å². The van der Waals surface area contributed by atoms with E-state index in [9.17, 15) is 14.4 Å². The Morgan fingerprint density at radius 1 is 1.11 bits per heavy atom. The van der Waals surface area contributed by atoms with Crippen LogP contribution in [-0.4, -0.2) is 23.7 Å². The van der Waals surface area contributed by atoms with Gasteiger partial charge >= 0.3 is 5.97 Å². The average Bonchev–Trinajstić information content (AvgIpc) is 2.84. The molecule has 182 valence electrons. The van der Waals surface area contributed by atoms with Crippen molar-refractivity contribution in [2.75, 3.05) is 6.54 Å². The van der Waals surface area contributed by atoms with Crippen molar-refractivity contribution in [1.82, 2.24) is 5.32 Å². The number of nitriles is 1. The molecule has 3 atom stereocenters. The first-order valence-electron chi connectivity index (χ1n) is 11.8. The molecule has 0 radical (unpaired) electrons. The number of rotatable bonds is 11. The first-order valence-corrected chi connectivity index (χ1v) is 11.8. The first-order chi connectivity index (χ1) is 16.8. The van der Waals surface area contributed by atoms with E-state index in [2.05, 4.69) is 12.2 Å². The van der Waals surface area contributed by atoms with E-state index < -0.39 is 11.8 Å². The van der Waals surface area contributed by atoms with Gasteiger partial charge in [-0.2, -0.15) is 5.26 Å². The van der Waals surface area contributed by atoms with Gasteiger partial charge in [0.25, 0.3) is 0 Å². The maximum absolute atomic E-state index is 13.9. The van der Waals surface area contributed by atoms with E-state index in [0.29, 0.717) is 24.3 Å². The second kappa shape index (κ2) is 12.1. The molecular formula is C29H31FN2O3. The van der Waals surface area contributed by atoms with Crippen molar-refractivity contribution in [3.8, 4) is 11.8 Å². The SMILES string of the molecule is CC[C@@H](Oc1c(C)cc(F)cc1C#N)[C@H](NCC(C)c1cccc(CC(=O)O)c1)c1ccccc1. The van der Waals surface area contributed by atoms with Crippen LogP contribution in [0.1, 0.15) is 60.0 Å². The van der Waals surface area contributed by atoms with Crippen LogP contribution in [0.25, 0.3) is 0 Å². The number of nitrogens with one attached hydrogen (secondary N) is 1. The second-order valence-electron chi connectivity index (χ2n) is 8.79. The molecule has 3 rings (SSSR count). The summed E-state index contributed by atoms with van der Waals surface area (Å²) in [6.07, 6.45) is 0.348. The van der Waals surface area contributed by atoms with E-state index in [1.54, 1.807) is 6.92 Å². The van der Waals surface area contributed by atoms with Crippen LogP contribution < -0.4 is 10.1 Å². The van der Waals surface area contributed by atoms with Gasteiger partial charge in [0.1, 0.15) is 23.7 Å². The number of carbonyl (C=O) groups is 1. The molecule has 35 heavy (non-hydrogen) atoms. The van der Waals surface area contributed by atoms with Gasteiger partial charge in [0, 0.05) is 6.54 Å². The summed E-state index contributed by atoms with van der Waals surface area (Å²) in [4.78, 5) is 11.1. The van der Waals surface area contributed by atoms with Gasteiger partial charge in [0.05, 0.1) is 18.0 Å². The second-order valence-corrected chi connectivity index (χ2v) is 8.79. The van der Waals surface area contributed by atoms with Crippen LogP contribution in [-0.2, 0) is 11.2 Å². The highest BCUT2D eigenvalue weighted by Crippen LogP contribution is 2.30. The Balaban J connectivity index is 1.85. The number of aliphatic carboxylic acids is 1. The minimum atomic E-state index is -0.854. The van der Waals surface area contributed by atoms with Crippen LogP contribution in [0.15, 0.2) is 66.7 Å². The Hall–Kier alpha value is -3.69. The Labute approximate surface area is 206 Å². The number of carboxylic acids is 1. The molecule has 0 fully saturated rings. The van der Waals surface area contributed by atoms with E-state index in [1.807, 2.05) is 67.6 Å². The summed E-state index contributed by atoms with van der Waals surface area (Å²) in [6.45, 7) is 6.48. The molecule has 0 aliphatic carbocycles. The van der Waals surface area contributed by atoms with Crippen molar-refractivity contribution < 1.29 is 19.0 Å². The molecule has 2 N–H and O–H groups in total. The summed E-state index contributed by atoms with van der Waals surface area (Å²) in [5.41, 5.74) is 3.63. The maximum atomic E-state index is 13.9. The summed E-state index contributed by atoms with van der Waals surface area (Å²) in [5.74, 6) is -0.795. The van der Waals surface area contributed by atoms with Crippen molar-refractivity contribution in [2.45, 2.75) is 51.7 Å². The molecule has 0 saturated heterocycles. The van der Waals surface area contributed by atoms with Crippen molar-refractivity contribution in [2.24, 2.45) is 0 Å². The lowest BCUT2D eigenvalue weighted by atomic mass is 9.95. The highest BCUT2D eigenvalue weighted by Gasteiger charge is 2.26. The van der Waals surface area contributed by atoms with Gasteiger partial charge in [-0.15, -0.1) is 0 Å². The number of hydrogen-bond acceptors (Lipinski definition) is 4. The fraction of sp³-hybridized carbons (Fsp3) is 0.310. The monoisotopic (exact) mass is 474 g/mol. The largest absolute Gasteiger partial charge is 0.487 e. The molecule has 6 heteroatoms. The molecule has 0 bridgehead atoms. The van der Waals surface area contributed by atoms with Crippen molar-refractivity contribution in [3.63, 3.8) is 0 Å². The maximum Gasteiger partial charge on any atom is 0.307 e.